The van der Waals surface area contributed by atoms with Crippen molar-refractivity contribution >= 4 is 19.9 Å². The first-order valence-corrected chi connectivity index (χ1v) is 8.47. The Hall–Kier alpha value is 0.467. The third-order valence-corrected chi connectivity index (χ3v) is 4.71. The molecule has 1 nitrogen and oxygen atoms in total. The van der Waals surface area contributed by atoms with Crippen molar-refractivity contribution in [3.05, 3.63) is 0 Å². The van der Waals surface area contributed by atoms with Crippen molar-refractivity contribution in [1.29, 1.82) is 0 Å². The van der Waals surface area contributed by atoms with Gasteiger partial charge in [0.25, 0.3) is 0 Å². The monoisotopic (exact) mass is 208 g/mol. The van der Waals surface area contributed by atoms with Gasteiger partial charge in [0.1, 0.15) is 0 Å². The lowest BCUT2D eigenvalue weighted by Gasteiger charge is -2.22. The summed E-state index contributed by atoms with van der Waals surface area (Å²) in [4.78, 5) is 0. The van der Waals surface area contributed by atoms with Gasteiger partial charge in [-0.25, -0.2) is 0 Å². The maximum absolute atomic E-state index is 5.83. The number of halogens is 1. The number of unbranched alkanes of at least 4 members (excludes halogenated alkanes) is 1. The molecule has 0 amide bonds. The molecular formula is C9H21ClOSi. The van der Waals surface area contributed by atoms with Gasteiger partial charge in [-0.2, -0.15) is 0 Å². The highest BCUT2D eigenvalue weighted by Gasteiger charge is 2.20. The van der Waals surface area contributed by atoms with Crippen molar-refractivity contribution in [3.63, 3.8) is 0 Å². The predicted octanol–water partition coefficient (Wildman–Crippen LogP) is 3.64. The number of rotatable bonds is 7. The molecule has 0 aromatic carbocycles. The molecule has 0 spiro atoms. The SMILES string of the molecule is CCCC[Si](C)(C)OCCCCl. The predicted molar refractivity (Wildman–Crippen MR) is 58.5 cm³/mol. The Morgan fingerprint density at radius 2 is 1.92 bits per heavy atom. The van der Waals surface area contributed by atoms with Crippen LogP contribution >= 0.6 is 11.6 Å². The fourth-order valence-electron chi connectivity index (χ4n) is 1.08. The molecule has 0 unspecified atom stereocenters. The Bertz CT molecular complexity index is 107. The van der Waals surface area contributed by atoms with Crippen LogP contribution in [0.5, 0.6) is 0 Å². The Morgan fingerprint density at radius 3 is 2.42 bits per heavy atom. The summed E-state index contributed by atoms with van der Waals surface area (Å²) in [5, 5.41) is 0. The first kappa shape index (κ1) is 12.5. The highest BCUT2D eigenvalue weighted by atomic mass is 35.5. The van der Waals surface area contributed by atoms with Gasteiger partial charge in [0, 0.05) is 12.5 Å². The van der Waals surface area contributed by atoms with Gasteiger partial charge in [0.2, 0.25) is 0 Å². The average Bonchev–Trinajstić information content (AvgIpc) is 2.01. The van der Waals surface area contributed by atoms with Gasteiger partial charge in [-0.15, -0.1) is 11.6 Å². The molecule has 3 heteroatoms. The highest BCUT2D eigenvalue weighted by Crippen LogP contribution is 2.15. The summed E-state index contributed by atoms with van der Waals surface area (Å²) in [6.45, 7) is 7.66. The largest absolute Gasteiger partial charge is 0.417 e. The topological polar surface area (TPSA) is 9.23 Å². The van der Waals surface area contributed by atoms with Gasteiger partial charge >= 0.3 is 0 Å². The van der Waals surface area contributed by atoms with E-state index in [4.69, 9.17) is 16.0 Å². The van der Waals surface area contributed by atoms with E-state index in [0.29, 0.717) is 0 Å². The molecule has 0 radical (unpaired) electrons. The summed E-state index contributed by atoms with van der Waals surface area (Å²) in [6, 6.07) is 1.28. The molecule has 0 fully saturated rings. The summed E-state index contributed by atoms with van der Waals surface area (Å²) < 4.78 is 5.83. The summed E-state index contributed by atoms with van der Waals surface area (Å²) in [5.74, 6) is 0.720. The van der Waals surface area contributed by atoms with Crippen LogP contribution in [0.15, 0.2) is 0 Å². The van der Waals surface area contributed by atoms with Crippen LogP contribution in [-0.4, -0.2) is 20.8 Å². The van der Waals surface area contributed by atoms with Crippen LogP contribution in [0.2, 0.25) is 19.1 Å². The Morgan fingerprint density at radius 1 is 1.25 bits per heavy atom. The molecule has 0 aromatic rings. The zero-order valence-corrected chi connectivity index (χ0v) is 10.3. The fourth-order valence-corrected chi connectivity index (χ4v) is 3.23. The molecule has 0 aliphatic carbocycles. The molecule has 0 saturated carbocycles. The molecule has 0 saturated heterocycles. The van der Waals surface area contributed by atoms with Gasteiger partial charge in [-0.1, -0.05) is 19.8 Å². The maximum atomic E-state index is 5.83. The quantitative estimate of drug-likeness (QED) is 0.353. The van der Waals surface area contributed by atoms with Crippen LogP contribution in [0.3, 0.4) is 0 Å². The fraction of sp³-hybridized carbons (Fsp3) is 1.00. The lowest BCUT2D eigenvalue weighted by Crippen LogP contribution is -2.30. The van der Waals surface area contributed by atoms with Gasteiger partial charge < -0.3 is 4.43 Å². The van der Waals surface area contributed by atoms with Crippen LogP contribution in [0, 0.1) is 0 Å². The number of alkyl halides is 1. The molecule has 12 heavy (non-hydrogen) atoms. The highest BCUT2D eigenvalue weighted by molar-refractivity contribution is 6.71. The summed E-state index contributed by atoms with van der Waals surface area (Å²) >= 11 is 5.57. The van der Waals surface area contributed by atoms with Gasteiger partial charge in [-0.3, -0.25) is 0 Å². The van der Waals surface area contributed by atoms with Crippen LogP contribution in [0.1, 0.15) is 26.2 Å². The first-order chi connectivity index (χ1) is 5.62. The lowest BCUT2D eigenvalue weighted by molar-refractivity contribution is 0.306. The van der Waals surface area contributed by atoms with Crippen LogP contribution in [0.4, 0.5) is 0 Å². The molecule has 74 valence electrons. The van der Waals surface area contributed by atoms with E-state index >= 15 is 0 Å². The van der Waals surface area contributed by atoms with Crippen molar-refractivity contribution in [2.45, 2.75) is 45.3 Å². The minimum absolute atomic E-state index is 0.720. The normalized spacial score (nSPS) is 12.0. The Labute approximate surface area is 82.6 Å². The lowest BCUT2D eigenvalue weighted by atomic mass is 10.4. The smallest absolute Gasteiger partial charge is 0.186 e. The van der Waals surface area contributed by atoms with E-state index in [0.717, 1.165) is 18.9 Å². The maximum Gasteiger partial charge on any atom is 0.186 e. The Kier molecular flexibility index (Phi) is 7.20. The number of hydrogen-bond acceptors (Lipinski definition) is 1. The van der Waals surface area contributed by atoms with E-state index in [1.807, 2.05) is 0 Å². The van der Waals surface area contributed by atoms with Crippen molar-refractivity contribution in [1.82, 2.24) is 0 Å². The molecule has 0 aromatic heterocycles. The second kappa shape index (κ2) is 6.93. The molecule has 0 N–H and O–H groups in total. The van der Waals surface area contributed by atoms with Crippen LogP contribution in [-0.2, 0) is 4.43 Å². The third kappa shape index (κ3) is 7.13. The molecular weight excluding hydrogens is 188 g/mol. The van der Waals surface area contributed by atoms with E-state index in [1.54, 1.807) is 0 Å². The second-order valence-corrected chi connectivity index (χ2v) is 8.44. The molecule has 0 rings (SSSR count). The molecule has 0 aliphatic rings. The van der Waals surface area contributed by atoms with E-state index in [-0.39, 0.29) is 0 Å². The van der Waals surface area contributed by atoms with Gasteiger partial charge in [-0.05, 0) is 25.6 Å². The molecule has 0 atom stereocenters. The van der Waals surface area contributed by atoms with E-state index < -0.39 is 8.32 Å². The molecule has 0 heterocycles. The minimum Gasteiger partial charge on any atom is -0.417 e. The zero-order chi connectivity index (χ0) is 9.45. The van der Waals surface area contributed by atoms with Gasteiger partial charge in [0.05, 0.1) is 0 Å². The van der Waals surface area contributed by atoms with Crippen molar-refractivity contribution in [2.75, 3.05) is 12.5 Å². The average molecular weight is 209 g/mol. The van der Waals surface area contributed by atoms with Crippen molar-refractivity contribution in [3.8, 4) is 0 Å². The Balaban J connectivity index is 3.42. The van der Waals surface area contributed by atoms with Gasteiger partial charge in [0.15, 0.2) is 8.32 Å². The summed E-state index contributed by atoms with van der Waals surface area (Å²) in [7, 11) is -1.32. The van der Waals surface area contributed by atoms with Crippen molar-refractivity contribution in [2.24, 2.45) is 0 Å². The summed E-state index contributed by atoms with van der Waals surface area (Å²) in [6.07, 6.45) is 3.57. The van der Waals surface area contributed by atoms with Crippen LogP contribution in [0.25, 0.3) is 0 Å². The van der Waals surface area contributed by atoms with E-state index in [2.05, 4.69) is 20.0 Å². The molecule has 0 aliphatic heterocycles. The molecule has 0 bridgehead atoms. The first-order valence-electron chi connectivity index (χ1n) is 4.82. The second-order valence-electron chi connectivity index (χ2n) is 3.75. The van der Waals surface area contributed by atoms with E-state index in [9.17, 15) is 0 Å². The van der Waals surface area contributed by atoms with E-state index in [1.165, 1.54) is 18.9 Å². The minimum atomic E-state index is -1.32. The third-order valence-electron chi connectivity index (χ3n) is 1.90. The standard InChI is InChI=1S/C9H21ClOSi/c1-4-5-9-12(2,3)11-8-6-7-10/h4-9H2,1-3H3. The van der Waals surface area contributed by atoms with Crippen molar-refractivity contribution < 1.29 is 4.43 Å². The van der Waals surface area contributed by atoms with Crippen LogP contribution < -0.4 is 0 Å². The zero-order valence-electron chi connectivity index (χ0n) is 8.53. The summed E-state index contributed by atoms with van der Waals surface area (Å²) in [5.41, 5.74) is 0. The number of hydrogen-bond donors (Lipinski definition) is 0.